The first-order chi connectivity index (χ1) is 45.7. The van der Waals surface area contributed by atoms with Crippen molar-refractivity contribution in [3.8, 4) is 5.75 Å². The fraction of sp³-hybridized carbons (Fsp3) is 0.586. The van der Waals surface area contributed by atoms with Gasteiger partial charge in [-0.05, 0) is 82.4 Å². The summed E-state index contributed by atoms with van der Waals surface area (Å²) in [6.45, 7) is 2.44. The van der Waals surface area contributed by atoms with Crippen LogP contribution in [0.15, 0.2) is 41.8 Å². The number of carbonyl (C=O) groups excluding carboxylic acids is 13. The number of hydrogen-bond acceptors (Lipinski definition) is 22. The molecule has 1 aromatic heterocycles. The molecule has 0 unspecified atom stereocenters. The molecule has 3 rings (SSSR count). The minimum absolute atomic E-state index is 0.00461. The van der Waals surface area contributed by atoms with E-state index >= 15 is 0 Å². The number of carboxylic acids is 1. The number of phenols is 1. The van der Waals surface area contributed by atoms with E-state index in [1.807, 2.05) is 0 Å². The molecule has 0 aliphatic carbocycles. The molecule has 13 amide bonds. The first-order valence-corrected chi connectivity index (χ1v) is 30.9. The molecule has 0 bridgehead atoms. The standard InChI is InChI=1S/C58H91N19O20/c1-27(2)19-36(70-51(90)38(21-31-22-64-26-66-31)72-47(86)35(14-16-44(61)84)69-55(94)42-8-6-18-77(42)56(95)28(3)59)49(88)73-41(25-80)54(93)75-40(24-79)53(92)68-34(13-15-43(60)83)46(85)71-37(20-30-9-11-32(82)12-10-30)50(89)74-39(23-78)52(91)67-33(7-5-17-65-58(62)63)48(87)76-45(29(4)81)57(96)97/h9-12,22,26-29,33-42,45,78-82H,5-8,13-21,23-25,59H2,1-4H3,(H2,60,83)(H2,61,84)(H,64,66)(H,67,91)(H,68,92)(H,69,94)(H,70,90)(H,71,85)(H,72,86)(H,73,88)(H,74,89)(H,75,93)(H,76,87)(H,96,97)(H4,62,63,65)/t28-,29+,33-,34-,35-,36-,37-,38-,39-,40-,41-,42-,45-/m0/s1. The molecular formula is C58H91N19O20. The Bertz CT molecular complexity index is 3080. The number of likely N-dealkylation sites (tertiary alicyclic amines) is 1. The second-order valence-electron chi connectivity index (χ2n) is 23.4. The number of aliphatic carboxylic acids is 1. The highest BCUT2D eigenvalue weighted by atomic mass is 16.4. The highest BCUT2D eigenvalue weighted by molar-refractivity contribution is 6.00. The number of rotatable bonds is 42. The molecule has 0 radical (unpaired) electrons. The maximum atomic E-state index is 14.3. The number of aromatic nitrogens is 2. The van der Waals surface area contributed by atoms with Crippen molar-refractivity contribution in [1.82, 2.24) is 68.0 Å². The third kappa shape index (κ3) is 27.6. The zero-order chi connectivity index (χ0) is 72.8. The summed E-state index contributed by atoms with van der Waals surface area (Å²) in [6, 6.07) is -14.3. The van der Waals surface area contributed by atoms with Crippen molar-refractivity contribution < 1.29 is 97.8 Å². The summed E-state index contributed by atoms with van der Waals surface area (Å²) in [7, 11) is 0. The van der Waals surface area contributed by atoms with E-state index in [0.29, 0.717) is 12.1 Å². The monoisotopic (exact) mass is 1370 g/mol. The lowest BCUT2D eigenvalue weighted by Crippen LogP contribution is -2.62. The molecule has 1 aromatic carbocycles. The second-order valence-corrected chi connectivity index (χ2v) is 23.4. The molecule has 0 saturated carbocycles. The van der Waals surface area contributed by atoms with Crippen LogP contribution in [0.4, 0.5) is 0 Å². The Morgan fingerprint density at radius 1 is 0.588 bits per heavy atom. The van der Waals surface area contributed by atoms with Crippen LogP contribution in [-0.4, -0.2) is 246 Å². The molecule has 1 aliphatic rings. The number of imidazole rings is 1. The van der Waals surface area contributed by atoms with Crippen molar-refractivity contribution in [2.24, 2.45) is 39.6 Å². The van der Waals surface area contributed by atoms with Crippen molar-refractivity contribution in [2.45, 2.75) is 177 Å². The maximum Gasteiger partial charge on any atom is 0.328 e. The molecule has 1 fully saturated rings. The first kappa shape index (κ1) is 81.1. The van der Waals surface area contributed by atoms with E-state index in [0.717, 1.165) is 6.92 Å². The number of carbonyl (C=O) groups is 14. The summed E-state index contributed by atoms with van der Waals surface area (Å²) >= 11 is 0. The molecule has 1 aliphatic heterocycles. The lowest BCUT2D eigenvalue weighted by Gasteiger charge is -2.29. The molecular weight excluding hydrogens is 1280 g/mol. The maximum absolute atomic E-state index is 14.3. The highest BCUT2D eigenvalue weighted by Crippen LogP contribution is 2.20. The molecule has 2 aromatic rings. The van der Waals surface area contributed by atoms with Gasteiger partial charge < -0.3 is 122 Å². The summed E-state index contributed by atoms with van der Waals surface area (Å²) < 4.78 is 0. The third-order valence-electron chi connectivity index (χ3n) is 14.9. The van der Waals surface area contributed by atoms with Gasteiger partial charge in [-0.15, -0.1) is 0 Å². The average Bonchev–Trinajstić information content (AvgIpc) is 1.71. The van der Waals surface area contributed by atoms with E-state index in [1.165, 1.54) is 48.6 Å². The number of nitrogens with zero attached hydrogens (tertiary/aromatic N) is 3. The summed E-state index contributed by atoms with van der Waals surface area (Å²) in [5.41, 5.74) is 27.9. The molecule has 538 valence electrons. The smallest absolute Gasteiger partial charge is 0.328 e. The van der Waals surface area contributed by atoms with Crippen molar-refractivity contribution >= 4 is 88.7 Å². The van der Waals surface area contributed by atoms with E-state index < -0.39 is 207 Å². The number of phenolic OH excluding ortho intramolecular Hbond substituents is 1. The Kier molecular flexibility index (Phi) is 33.7. The number of aliphatic hydroxyl groups is 4. The van der Waals surface area contributed by atoms with Gasteiger partial charge in [-0.1, -0.05) is 26.0 Å². The van der Waals surface area contributed by atoms with Gasteiger partial charge in [0.15, 0.2) is 12.0 Å². The molecule has 2 heterocycles. The van der Waals surface area contributed by atoms with Crippen LogP contribution in [0.5, 0.6) is 5.75 Å². The number of aromatic amines is 1. The number of guanidine groups is 1. The zero-order valence-electron chi connectivity index (χ0n) is 54.0. The van der Waals surface area contributed by atoms with Crippen molar-refractivity contribution in [3.05, 3.63) is 48.0 Å². The fourth-order valence-corrected chi connectivity index (χ4v) is 9.72. The van der Waals surface area contributed by atoms with Gasteiger partial charge in [-0.2, -0.15) is 0 Å². The molecule has 0 spiro atoms. The number of amides is 13. The molecule has 39 nitrogen and oxygen atoms in total. The number of H-pyrrole nitrogens is 1. The Labute approximate surface area is 556 Å². The number of aliphatic hydroxyl groups excluding tert-OH is 4. The number of primary amides is 2. The van der Waals surface area contributed by atoms with Crippen LogP contribution in [0.1, 0.15) is 96.7 Å². The van der Waals surface area contributed by atoms with E-state index in [2.05, 4.69) is 68.1 Å². The van der Waals surface area contributed by atoms with Crippen LogP contribution in [0, 0.1) is 5.92 Å². The van der Waals surface area contributed by atoms with E-state index in [9.17, 15) is 97.8 Å². The Morgan fingerprint density at radius 2 is 1.01 bits per heavy atom. The Morgan fingerprint density at radius 3 is 1.44 bits per heavy atom. The number of nitrogens with one attached hydrogen (secondary N) is 11. The van der Waals surface area contributed by atoms with Gasteiger partial charge in [0.1, 0.15) is 66.2 Å². The minimum Gasteiger partial charge on any atom is -0.508 e. The van der Waals surface area contributed by atoms with Crippen LogP contribution in [0.2, 0.25) is 0 Å². The largest absolute Gasteiger partial charge is 0.508 e. The van der Waals surface area contributed by atoms with Gasteiger partial charge >= 0.3 is 5.97 Å². The predicted octanol–water partition coefficient (Wildman–Crippen LogP) is -9.84. The molecule has 13 atom stereocenters. The topological polar surface area (TPSA) is 655 Å². The number of aliphatic imine (C=N–C) groups is 1. The average molecular weight is 1370 g/mol. The molecule has 27 N–H and O–H groups in total. The van der Waals surface area contributed by atoms with Gasteiger partial charge in [-0.25, -0.2) is 9.78 Å². The predicted molar refractivity (Wildman–Crippen MR) is 339 cm³/mol. The summed E-state index contributed by atoms with van der Waals surface area (Å²) in [5.74, 6) is -16.1. The molecule has 1 saturated heterocycles. The van der Waals surface area contributed by atoms with Gasteiger partial charge in [0, 0.05) is 50.7 Å². The minimum atomic E-state index is -2.01. The summed E-state index contributed by atoms with van der Waals surface area (Å²) in [5, 5.41) is 84.0. The van der Waals surface area contributed by atoms with E-state index in [-0.39, 0.29) is 74.8 Å². The van der Waals surface area contributed by atoms with Crippen LogP contribution < -0.4 is 81.8 Å². The number of benzene rings is 1. The zero-order valence-corrected chi connectivity index (χ0v) is 54.0. The van der Waals surface area contributed by atoms with Crippen LogP contribution in [0.3, 0.4) is 0 Å². The van der Waals surface area contributed by atoms with Crippen LogP contribution >= 0.6 is 0 Å². The normalized spacial score (nSPS) is 16.4. The van der Waals surface area contributed by atoms with Crippen molar-refractivity contribution in [2.75, 3.05) is 32.9 Å². The highest BCUT2D eigenvalue weighted by Gasteiger charge is 2.40. The number of nitrogens with two attached hydrogens (primary N) is 5. The van der Waals surface area contributed by atoms with Gasteiger partial charge in [0.2, 0.25) is 76.8 Å². The van der Waals surface area contributed by atoms with Crippen molar-refractivity contribution in [3.63, 3.8) is 0 Å². The third-order valence-corrected chi connectivity index (χ3v) is 14.9. The second kappa shape index (κ2) is 40.3. The lowest BCUT2D eigenvalue weighted by atomic mass is 10.0. The molecule has 97 heavy (non-hydrogen) atoms. The first-order valence-electron chi connectivity index (χ1n) is 30.9. The van der Waals surface area contributed by atoms with E-state index in [1.54, 1.807) is 13.8 Å². The SMILES string of the molecule is CC(C)C[C@H](NC(=O)[C@H](Cc1cnc[nH]1)NC(=O)[C@H](CCC(N)=O)NC(=O)[C@@H]1CCCN1C(=O)[C@H](C)N)C(=O)N[C@@H](CO)C(=O)N[C@@H](CO)C(=O)N[C@@H](CCC(N)=O)C(=O)N[C@@H](Cc1ccc(O)cc1)C(=O)N[C@@H](CO)C(=O)N[C@@H](CCCN=C(N)N)C(=O)N[C@H](C(=O)O)[C@@H](C)O. The lowest BCUT2D eigenvalue weighted by molar-refractivity contribution is -0.145. The Balaban J connectivity index is 1.87. The van der Waals surface area contributed by atoms with Crippen molar-refractivity contribution in [1.29, 1.82) is 0 Å². The number of aromatic hydroxyl groups is 1. The fourth-order valence-electron chi connectivity index (χ4n) is 9.72. The summed E-state index contributed by atoms with van der Waals surface area (Å²) in [4.78, 5) is 200. The van der Waals surface area contributed by atoms with Gasteiger partial charge in [-0.3, -0.25) is 67.3 Å². The molecule has 39 heteroatoms. The number of carboxylic acid groups (broad SMARTS) is 1. The van der Waals surface area contributed by atoms with Gasteiger partial charge in [0.05, 0.1) is 38.3 Å². The van der Waals surface area contributed by atoms with E-state index in [4.69, 9.17) is 28.7 Å². The number of hydrogen-bond donors (Lipinski definition) is 22. The van der Waals surface area contributed by atoms with Gasteiger partial charge in [0.25, 0.3) is 0 Å². The van der Waals surface area contributed by atoms with Crippen LogP contribution in [-0.2, 0) is 80.0 Å². The van der Waals surface area contributed by atoms with Crippen LogP contribution in [0.25, 0.3) is 0 Å². The quantitative estimate of drug-likeness (QED) is 0.0167. The summed E-state index contributed by atoms with van der Waals surface area (Å²) in [6.07, 6.45) is -1.44. The Hall–Kier alpha value is -10.1.